The van der Waals surface area contributed by atoms with E-state index in [1.165, 1.54) is 0 Å². The van der Waals surface area contributed by atoms with Gasteiger partial charge in [-0.25, -0.2) is 0 Å². The molecule has 1 radical (unpaired) electrons. The molecule has 103 valence electrons. The molecule has 20 heavy (non-hydrogen) atoms. The van der Waals surface area contributed by atoms with E-state index in [1.54, 1.807) is 0 Å². The van der Waals surface area contributed by atoms with Crippen LogP contribution < -0.4 is 30.6 Å². The maximum atomic E-state index is 8.93. The maximum Gasteiger partial charge on any atom is 3.00 e. The minimum Gasteiger partial charge on any atom is -0.543 e. The molecule has 0 aromatic rings. The van der Waals surface area contributed by atoms with Gasteiger partial charge in [0.2, 0.25) is 0 Å². The Morgan fingerprint density at radius 1 is 0.400 bits per heavy atom. The normalized spacial score (nSPS) is 6.60. The predicted molar refractivity (Wildman–Crippen MR) is 30.0 cm³/mol. The summed E-state index contributed by atoms with van der Waals surface area (Å²) in [6.45, 7) is 0. The molecular weight excluding hydrogens is 549 g/mol. The topological polar surface area (TPSA) is 241 Å². The molecule has 0 aliphatic rings. The molecule has 0 atom stereocenters. The smallest absolute Gasteiger partial charge is 0.543 e. The zero-order valence-electron chi connectivity index (χ0n) is 8.98. The van der Waals surface area contributed by atoms with Gasteiger partial charge in [0, 0.05) is 0 Å². The van der Waals surface area contributed by atoms with Crippen LogP contribution in [0.2, 0.25) is 0 Å². The molecule has 0 heterocycles. The Hall–Kier alpha value is -0.466. The molecule has 0 amide bonds. The van der Waals surface area contributed by atoms with E-state index in [0.717, 1.165) is 0 Å². The number of aliphatic carboxylic acids is 6. The van der Waals surface area contributed by atoms with Crippen LogP contribution >= 0.6 is 0 Å². The summed E-state index contributed by atoms with van der Waals surface area (Å²) in [6, 6.07) is 0. The Morgan fingerprint density at radius 3 is 0.450 bits per heavy atom. The predicted octanol–water partition coefficient (Wildman–Crippen LogP) is -10.5. The summed E-state index contributed by atoms with van der Waals surface area (Å²) >= 11 is 0. The second-order valence-electron chi connectivity index (χ2n) is 1.72. The fourth-order valence-electron chi connectivity index (χ4n) is 0. The number of carbonyl (C=O) groups is 6. The van der Waals surface area contributed by atoms with Crippen LogP contribution in [0.3, 0.4) is 0 Å². The van der Waals surface area contributed by atoms with E-state index < -0.39 is 35.8 Å². The van der Waals surface area contributed by atoms with Gasteiger partial charge in [0.05, 0.1) is 35.8 Å². The number of rotatable bonds is 0. The molecule has 0 aliphatic carbocycles. The number of hydrogen-bond donors (Lipinski definition) is 0. The molecule has 0 rings (SSSR count). The summed E-state index contributed by atoms with van der Waals surface area (Å²) in [4.78, 5) is 53.6. The first-order chi connectivity index (χ1) is 7.93. The van der Waals surface area contributed by atoms with Crippen molar-refractivity contribution in [2.45, 2.75) is 0 Å². The Kier molecular flexibility index (Phi) is 29.4. The standard InChI is InChI=1S/3C2H2O4.Nd.Pr/c3*3-1(4)2(5)6;;/h3*(H,3,4)(H,5,6);;/q;;;2*+3/p-6. The molecule has 0 spiro atoms. The average Bonchev–Trinajstić information content (AvgIpc) is 2.18. The van der Waals surface area contributed by atoms with Crippen LogP contribution in [0, 0.1) is 82.1 Å². The molecule has 0 N–H and O–H groups in total. The molecule has 12 nitrogen and oxygen atoms in total. The summed E-state index contributed by atoms with van der Waals surface area (Å²) in [5, 5.41) is 53.6. The Labute approximate surface area is 175 Å². The molecule has 0 aromatic carbocycles. The van der Waals surface area contributed by atoms with Gasteiger partial charge >= 0.3 is 82.1 Å². The number of carboxylic acid groups (broad SMARTS) is 6. The van der Waals surface area contributed by atoms with Crippen molar-refractivity contribution in [1.29, 1.82) is 0 Å². The van der Waals surface area contributed by atoms with E-state index in [-0.39, 0.29) is 82.1 Å². The van der Waals surface area contributed by atoms with Gasteiger partial charge in [-0.3, -0.25) is 0 Å². The van der Waals surface area contributed by atoms with Crippen molar-refractivity contribution in [2.75, 3.05) is 0 Å². The summed E-state index contributed by atoms with van der Waals surface area (Å²) in [5.74, 6) is -13.1. The summed E-state index contributed by atoms with van der Waals surface area (Å²) < 4.78 is 0. The fraction of sp³-hybridized carbons (Fsp3) is 0. The average molecular weight is 549 g/mol. The van der Waals surface area contributed by atoms with E-state index in [9.17, 15) is 0 Å². The van der Waals surface area contributed by atoms with Crippen LogP contribution in [-0.2, 0) is 28.8 Å². The molecular formula is C6NdO12Pr. The zero-order chi connectivity index (χ0) is 15.5. The van der Waals surface area contributed by atoms with Gasteiger partial charge < -0.3 is 59.4 Å². The van der Waals surface area contributed by atoms with Gasteiger partial charge in [0.15, 0.2) is 0 Å². The quantitative estimate of drug-likeness (QED) is 0.256. The SMILES string of the molecule is O=C([O-])C(=O)[O-].O=C([O-])C(=O)[O-].O=C([O-])C(=O)[O-].[Nd+3].[Pr+3]. The van der Waals surface area contributed by atoms with Crippen molar-refractivity contribution in [3.8, 4) is 0 Å². The van der Waals surface area contributed by atoms with Crippen molar-refractivity contribution in [3.63, 3.8) is 0 Å². The first kappa shape index (κ1) is 31.8. The molecule has 0 saturated heterocycles. The van der Waals surface area contributed by atoms with Gasteiger partial charge in [0.25, 0.3) is 0 Å². The number of carboxylic acids is 6. The van der Waals surface area contributed by atoms with E-state index in [2.05, 4.69) is 0 Å². The summed E-state index contributed by atoms with van der Waals surface area (Å²) in [6.07, 6.45) is 0. The van der Waals surface area contributed by atoms with Crippen LogP contribution in [0.25, 0.3) is 0 Å². The van der Waals surface area contributed by atoms with Crippen molar-refractivity contribution >= 4 is 35.8 Å². The van der Waals surface area contributed by atoms with Gasteiger partial charge in [-0.15, -0.1) is 0 Å². The van der Waals surface area contributed by atoms with Crippen molar-refractivity contribution in [2.24, 2.45) is 0 Å². The Bertz CT molecular complexity index is 283. The molecule has 0 aliphatic heterocycles. The zero-order valence-corrected chi connectivity index (χ0v) is 15.9. The van der Waals surface area contributed by atoms with Crippen molar-refractivity contribution < 1.29 is 142 Å². The molecule has 0 bridgehead atoms. The number of carbonyl (C=O) groups excluding carboxylic acids is 6. The van der Waals surface area contributed by atoms with Gasteiger partial charge in [-0.2, -0.15) is 0 Å². The molecule has 14 heteroatoms. The van der Waals surface area contributed by atoms with Crippen LogP contribution in [0.4, 0.5) is 0 Å². The van der Waals surface area contributed by atoms with Gasteiger partial charge in [-0.05, 0) is 0 Å². The second kappa shape index (κ2) is 18.5. The third-order valence-electron chi connectivity index (χ3n) is 0.500. The van der Waals surface area contributed by atoms with Crippen molar-refractivity contribution in [1.82, 2.24) is 0 Å². The third kappa shape index (κ3) is 36.0. The molecule has 0 unspecified atom stereocenters. The van der Waals surface area contributed by atoms with Crippen LogP contribution in [0.15, 0.2) is 0 Å². The largest absolute Gasteiger partial charge is 3.00 e. The van der Waals surface area contributed by atoms with Crippen LogP contribution in [-0.4, -0.2) is 35.8 Å². The Morgan fingerprint density at radius 2 is 0.450 bits per heavy atom. The molecule has 0 fully saturated rings. The number of hydrogen-bond acceptors (Lipinski definition) is 12. The maximum absolute atomic E-state index is 8.93. The van der Waals surface area contributed by atoms with Gasteiger partial charge in [0.1, 0.15) is 0 Å². The fourth-order valence-corrected chi connectivity index (χ4v) is 0. The minimum absolute atomic E-state index is 0. The van der Waals surface area contributed by atoms with E-state index >= 15 is 0 Å². The van der Waals surface area contributed by atoms with E-state index in [0.29, 0.717) is 0 Å². The second-order valence-corrected chi connectivity index (χ2v) is 1.72. The van der Waals surface area contributed by atoms with E-state index in [1.807, 2.05) is 0 Å². The monoisotopic (exact) mass is 547 g/mol. The Balaban J connectivity index is -0.0000000536. The van der Waals surface area contributed by atoms with Crippen molar-refractivity contribution in [3.05, 3.63) is 0 Å². The first-order valence-electron chi connectivity index (χ1n) is 3.20. The molecule has 0 aromatic heterocycles. The van der Waals surface area contributed by atoms with Gasteiger partial charge in [-0.1, -0.05) is 0 Å². The summed E-state index contributed by atoms with van der Waals surface area (Å²) in [5.41, 5.74) is 0. The molecule has 0 saturated carbocycles. The van der Waals surface area contributed by atoms with Crippen LogP contribution in [0.1, 0.15) is 0 Å². The third-order valence-corrected chi connectivity index (χ3v) is 0.500. The first-order valence-corrected chi connectivity index (χ1v) is 3.20. The summed E-state index contributed by atoms with van der Waals surface area (Å²) in [7, 11) is 0. The minimum atomic E-state index is -2.19. The van der Waals surface area contributed by atoms with E-state index in [4.69, 9.17) is 59.4 Å². The van der Waals surface area contributed by atoms with Crippen LogP contribution in [0.5, 0.6) is 0 Å².